The lowest BCUT2D eigenvalue weighted by Crippen LogP contribution is -2.30. The number of aliphatic carboxylic acids is 1. The lowest BCUT2D eigenvalue weighted by atomic mass is 10.3. The van der Waals surface area contributed by atoms with Gasteiger partial charge in [0, 0.05) is 24.1 Å². The monoisotopic (exact) mass is 336 g/mol. The van der Waals surface area contributed by atoms with E-state index in [2.05, 4.69) is 10.6 Å². The van der Waals surface area contributed by atoms with Gasteiger partial charge in [0.1, 0.15) is 12.4 Å². The number of carboxylic acid groups (broad SMARTS) is 1. The van der Waals surface area contributed by atoms with Gasteiger partial charge in [0.2, 0.25) is 0 Å². The maximum absolute atomic E-state index is 12.2. The van der Waals surface area contributed by atoms with E-state index in [1.165, 1.54) is 18.2 Å². The second kappa shape index (κ2) is 9.04. The van der Waals surface area contributed by atoms with Gasteiger partial charge in [-0.1, -0.05) is 11.6 Å². The van der Waals surface area contributed by atoms with E-state index in [1.807, 2.05) is 0 Å². The lowest BCUT2D eigenvalue weighted by Gasteiger charge is -2.13. The smallest absolute Gasteiger partial charge is 0.319 e. The molecule has 0 aromatic heterocycles. The molecule has 1 aromatic rings. The van der Waals surface area contributed by atoms with Crippen molar-refractivity contribution in [1.29, 1.82) is 0 Å². The zero-order chi connectivity index (χ0) is 16.5. The number of nitrogens with one attached hydrogen (secondary N) is 2. The van der Waals surface area contributed by atoms with Gasteiger partial charge in [-0.3, -0.25) is 4.79 Å². The van der Waals surface area contributed by atoms with Crippen molar-refractivity contribution >= 4 is 29.3 Å². The van der Waals surface area contributed by atoms with E-state index < -0.39 is 25.0 Å². The molecule has 0 aliphatic heterocycles. The molecule has 0 spiro atoms. The second-order valence-corrected chi connectivity index (χ2v) is 4.66. The van der Waals surface area contributed by atoms with E-state index in [9.17, 15) is 18.4 Å². The number of benzene rings is 1. The number of carbonyl (C=O) groups excluding carboxylic acids is 1. The third-order valence-corrected chi connectivity index (χ3v) is 2.64. The third-order valence-electron chi connectivity index (χ3n) is 2.41. The Labute approximate surface area is 130 Å². The second-order valence-electron chi connectivity index (χ2n) is 4.22. The number of carboxylic acids is 1. The van der Waals surface area contributed by atoms with Crippen LogP contribution in [0.4, 0.5) is 19.3 Å². The zero-order valence-electron chi connectivity index (χ0n) is 11.4. The molecule has 0 unspecified atom stereocenters. The van der Waals surface area contributed by atoms with E-state index in [-0.39, 0.29) is 35.8 Å². The molecule has 2 amide bonds. The molecule has 122 valence electrons. The predicted molar refractivity (Wildman–Crippen MR) is 76.8 cm³/mol. The number of rotatable bonds is 8. The normalized spacial score (nSPS) is 10.4. The summed E-state index contributed by atoms with van der Waals surface area (Å²) in [5.41, 5.74) is 0.181. The zero-order valence-corrected chi connectivity index (χ0v) is 12.2. The molecule has 0 bridgehead atoms. The fourth-order valence-corrected chi connectivity index (χ4v) is 1.64. The third kappa shape index (κ3) is 7.07. The van der Waals surface area contributed by atoms with Gasteiger partial charge < -0.3 is 20.5 Å². The molecule has 1 aromatic carbocycles. The van der Waals surface area contributed by atoms with Crippen LogP contribution in [-0.2, 0) is 4.79 Å². The highest BCUT2D eigenvalue weighted by molar-refractivity contribution is 6.30. The van der Waals surface area contributed by atoms with Gasteiger partial charge in [-0.25, -0.2) is 13.6 Å². The molecule has 0 saturated carbocycles. The number of hydrogen-bond donors (Lipinski definition) is 3. The van der Waals surface area contributed by atoms with E-state index >= 15 is 0 Å². The van der Waals surface area contributed by atoms with Crippen molar-refractivity contribution in [3.63, 3.8) is 0 Å². The standard InChI is InChI=1S/C13H15ClF2N2O4/c14-8-3-4-9(10(6-8)22-7-11(15)16)18-13(21)17-5-1-2-12(19)20/h3-4,6,11H,1-2,5,7H2,(H,19,20)(H2,17,18,21). The quantitative estimate of drug-likeness (QED) is 0.637. The van der Waals surface area contributed by atoms with Crippen LogP contribution >= 0.6 is 11.6 Å². The van der Waals surface area contributed by atoms with Crippen LogP contribution in [0, 0.1) is 0 Å². The van der Waals surface area contributed by atoms with E-state index in [1.54, 1.807) is 0 Å². The van der Waals surface area contributed by atoms with Gasteiger partial charge in [0.05, 0.1) is 5.69 Å². The minimum atomic E-state index is -2.66. The molecule has 0 aliphatic rings. The van der Waals surface area contributed by atoms with E-state index in [0.29, 0.717) is 0 Å². The fraction of sp³-hybridized carbons (Fsp3) is 0.385. The highest BCUT2D eigenvalue weighted by Crippen LogP contribution is 2.28. The lowest BCUT2D eigenvalue weighted by molar-refractivity contribution is -0.137. The maximum atomic E-state index is 12.2. The van der Waals surface area contributed by atoms with Crippen molar-refractivity contribution in [2.75, 3.05) is 18.5 Å². The van der Waals surface area contributed by atoms with Gasteiger partial charge in [-0.05, 0) is 18.6 Å². The Kier molecular flexibility index (Phi) is 7.38. The number of amides is 2. The topological polar surface area (TPSA) is 87.7 Å². The van der Waals surface area contributed by atoms with E-state index in [4.69, 9.17) is 21.4 Å². The van der Waals surface area contributed by atoms with Crippen molar-refractivity contribution in [1.82, 2.24) is 5.32 Å². The summed E-state index contributed by atoms with van der Waals surface area (Å²) in [5.74, 6) is -0.934. The summed E-state index contributed by atoms with van der Waals surface area (Å²) in [4.78, 5) is 21.9. The Balaban J connectivity index is 2.56. The molecule has 0 aliphatic carbocycles. The Morgan fingerprint density at radius 2 is 2.09 bits per heavy atom. The average Bonchev–Trinajstić information content (AvgIpc) is 2.43. The van der Waals surface area contributed by atoms with Crippen molar-refractivity contribution in [3.05, 3.63) is 23.2 Å². The summed E-state index contributed by atoms with van der Waals surface area (Å²) in [7, 11) is 0. The van der Waals surface area contributed by atoms with Gasteiger partial charge in [-0.15, -0.1) is 0 Å². The molecule has 22 heavy (non-hydrogen) atoms. The number of anilines is 1. The fourth-order valence-electron chi connectivity index (χ4n) is 1.48. The van der Waals surface area contributed by atoms with Crippen LogP contribution in [0.2, 0.25) is 5.02 Å². The molecule has 9 heteroatoms. The van der Waals surface area contributed by atoms with Crippen molar-refractivity contribution in [3.8, 4) is 5.75 Å². The largest absolute Gasteiger partial charge is 0.485 e. The van der Waals surface area contributed by atoms with E-state index in [0.717, 1.165) is 0 Å². The van der Waals surface area contributed by atoms with Crippen LogP contribution in [0.25, 0.3) is 0 Å². The summed E-state index contributed by atoms with van der Waals surface area (Å²) < 4.78 is 29.2. The predicted octanol–water partition coefficient (Wildman–Crippen LogP) is 2.97. The van der Waals surface area contributed by atoms with Crippen LogP contribution in [0.1, 0.15) is 12.8 Å². The Morgan fingerprint density at radius 1 is 1.36 bits per heavy atom. The van der Waals surface area contributed by atoms with Crippen LogP contribution in [-0.4, -0.2) is 36.7 Å². The molecule has 6 nitrogen and oxygen atoms in total. The number of carbonyl (C=O) groups is 2. The molecule has 0 heterocycles. The SMILES string of the molecule is O=C(O)CCCNC(=O)Nc1ccc(Cl)cc1OCC(F)F. The van der Waals surface area contributed by atoms with Crippen molar-refractivity contribution in [2.45, 2.75) is 19.3 Å². The van der Waals surface area contributed by atoms with Crippen molar-refractivity contribution < 1.29 is 28.2 Å². The van der Waals surface area contributed by atoms with Crippen LogP contribution in [0.5, 0.6) is 5.75 Å². The minimum absolute atomic E-state index is 0.0217. The average molecular weight is 337 g/mol. The first-order valence-electron chi connectivity index (χ1n) is 6.35. The Hall–Kier alpha value is -2.09. The molecular weight excluding hydrogens is 322 g/mol. The molecule has 0 radical (unpaired) electrons. The highest BCUT2D eigenvalue weighted by Gasteiger charge is 2.11. The number of halogens is 3. The molecule has 3 N–H and O–H groups in total. The number of alkyl halides is 2. The van der Waals surface area contributed by atoms with Gasteiger partial charge in [0.25, 0.3) is 6.43 Å². The van der Waals surface area contributed by atoms with Crippen LogP contribution in [0.3, 0.4) is 0 Å². The summed E-state index contributed by atoms with van der Waals surface area (Å²) in [5, 5.41) is 13.6. The first kappa shape index (κ1) is 18.0. The van der Waals surface area contributed by atoms with Crippen molar-refractivity contribution in [2.24, 2.45) is 0 Å². The minimum Gasteiger partial charge on any atom is -0.485 e. The summed E-state index contributed by atoms with van der Waals surface area (Å²) in [6, 6.07) is 3.59. The highest BCUT2D eigenvalue weighted by atomic mass is 35.5. The number of ether oxygens (including phenoxy) is 1. The van der Waals surface area contributed by atoms with Crippen LogP contribution in [0.15, 0.2) is 18.2 Å². The molecule has 0 fully saturated rings. The van der Waals surface area contributed by atoms with Gasteiger partial charge in [0.15, 0.2) is 0 Å². The molecule has 0 atom stereocenters. The molecule has 0 saturated heterocycles. The Morgan fingerprint density at radius 3 is 2.73 bits per heavy atom. The van der Waals surface area contributed by atoms with Gasteiger partial charge in [-0.2, -0.15) is 0 Å². The summed E-state index contributed by atoms with van der Waals surface area (Å²) in [6.45, 7) is -0.659. The van der Waals surface area contributed by atoms with Gasteiger partial charge >= 0.3 is 12.0 Å². The van der Waals surface area contributed by atoms with Crippen LogP contribution < -0.4 is 15.4 Å². The number of hydrogen-bond acceptors (Lipinski definition) is 3. The molecule has 1 rings (SSSR count). The first-order valence-corrected chi connectivity index (χ1v) is 6.73. The molecular formula is C13H15ClF2N2O4. The number of urea groups is 1. The first-order chi connectivity index (χ1) is 10.4. The summed E-state index contributed by atoms with van der Waals surface area (Å²) >= 11 is 5.75. The maximum Gasteiger partial charge on any atom is 0.319 e. The Bertz CT molecular complexity index is 529. The summed E-state index contributed by atoms with van der Waals surface area (Å²) in [6.07, 6.45) is -2.45.